The molecular weight excluding hydrogens is 368 g/mol. The Hall–Kier alpha value is -2.58. The molecule has 0 bridgehead atoms. The van der Waals surface area contributed by atoms with E-state index in [1.165, 1.54) is 17.0 Å². The van der Waals surface area contributed by atoms with Crippen LogP contribution in [-0.4, -0.2) is 53.6 Å². The third-order valence-corrected chi connectivity index (χ3v) is 5.15. The first kappa shape index (κ1) is 20.7. The number of hydrogen-bond donors (Lipinski definition) is 1. The maximum absolute atomic E-state index is 12.7. The Kier molecular flexibility index (Phi) is 6.81. The van der Waals surface area contributed by atoms with Crippen LogP contribution in [0.3, 0.4) is 0 Å². The van der Waals surface area contributed by atoms with Crippen LogP contribution in [0.5, 0.6) is 5.75 Å². The summed E-state index contributed by atoms with van der Waals surface area (Å²) in [4.78, 5) is 13.6. The molecule has 0 spiro atoms. The summed E-state index contributed by atoms with van der Waals surface area (Å²) in [6, 6.07) is 11.0. The topological polar surface area (TPSA) is 84.9 Å². The van der Waals surface area contributed by atoms with Crippen molar-refractivity contribution in [2.24, 2.45) is 0 Å². The zero-order chi connectivity index (χ0) is 20.0. The van der Waals surface area contributed by atoms with E-state index in [1.54, 1.807) is 58.5 Å². The Bertz CT molecular complexity index is 910. The fourth-order valence-corrected chi connectivity index (χ4v) is 3.51. The van der Waals surface area contributed by atoms with Gasteiger partial charge in [0.15, 0.2) is 0 Å². The van der Waals surface area contributed by atoms with Crippen molar-refractivity contribution in [2.45, 2.75) is 11.8 Å². The fourth-order valence-electron chi connectivity index (χ4n) is 2.37. The molecule has 1 N–H and O–H groups in total. The molecule has 2 rings (SSSR count). The Morgan fingerprint density at radius 1 is 1.11 bits per heavy atom. The predicted octanol–water partition coefficient (Wildman–Crippen LogP) is 2.52. The summed E-state index contributed by atoms with van der Waals surface area (Å²) in [5.41, 5.74) is 1.42. The molecule has 0 aliphatic carbocycles. The van der Waals surface area contributed by atoms with Gasteiger partial charge >= 0.3 is 0 Å². The lowest BCUT2D eigenvalue weighted by Gasteiger charge is -2.14. The first-order chi connectivity index (χ1) is 12.7. The summed E-state index contributed by atoms with van der Waals surface area (Å²) in [6.45, 7) is 2.61. The third kappa shape index (κ3) is 5.45. The number of hydrogen-bond acceptors (Lipinski definition) is 5. The number of sulfonamides is 1. The molecule has 0 saturated heterocycles. The summed E-state index contributed by atoms with van der Waals surface area (Å²) >= 11 is 0. The van der Waals surface area contributed by atoms with Gasteiger partial charge in [-0.2, -0.15) is 0 Å². The van der Waals surface area contributed by atoms with Gasteiger partial charge in [0.25, 0.3) is 15.9 Å². The Balaban J connectivity index is 2.20. The van der Waals surface area contributed by atoms with Crippen LogP contribution in [0, 0.1) is 6.92 Å². The van der Waals surface area contributed by atoms with Gasteiger partial charge in [-0.25, -0.2) is 8.42 Å². The van der Waals surface area contributed by atoms with Gasteiger partial charge in [0.05, 0.1) is 11.5 Å². The van der Waals surface area contributed by atoms with E-state index < -0.39 is 10.0 Å². The molecule has 0 fully saturated rings. The largest absolute Gasteiger partial charge is 0.491 e. The van der Waals surface area contributed by atoms with E-state index >= 15 is 0 Å². The van der Waals surface area contributed by atoms with E-state index in [-0.39, 0.29) is 10.8 Å². The molecule has 0 saturated carbocycles. The number of benzene rings is 2. The Morgan fingerprint density at radius 2 is 1.85 bits per heavy atom. The van der Waals surface area contributed by atoms with Crippen LogP contribution in [0.2, 0.25) is 0 Å². The number of ether oxygens (including phenoxy) is 2. The second kappa shape index (κ2) is 8.88. The number of anilines is 1. The number of carbonyl (C=O) groups is 1. The van der Waals surface area contributed by atoms with E-state index in [2.05, 4.69) is 4.72 Å². The van der Waals surface area contributed by atoms with E-state index in [0.29, 0.717) is 35.8 Å². The summed E-state index contributed by atoms with van der Waals surface area (Å²) in [7, 11) is 1.06. The van der Waals surface area contributed by atoms with Crippen LogP contribution in [-0.2, 0) is 14.8 Å². The number of aryl methyl sites for hydroxylation is 1. The summed E-state index contributed by atoms with van der Waals surface area (Å²) < 4.78 is 38.3. The summed E-state index contributed by atoms with van der Waals surface area (Å²) in [5.74, 6) is 0.397. The smallest absolute Gasteiger partial charge is 0.261 e. The number of nitrogens with zero attached hydrogens (tertiary/aromatic N) is 1. The monoisotopic (exact) mass is 392 g/mol. The molecule has 0 aliphatic heterocycles. The molecule has 0 radical (unpaired) electrons. The van der Waals surface area contributed by atoms with Crippen LogP contribution < -0.4 is 9.46 Å². The number of nitrogens with one attached hydrogen (secondary N) is 1. The Labute approximate surface area is 160 Å². The van der Waals surface area contributed by atoms with Crippen molar-refractivity contribution in [3.63, 3.8) is 0 Å². The molecule has 0 aliphatic rings. The average molecular weight is 392 g/mol. The van der Waals surface area contributed by atoms with Crippen molar-refractivity contribution >= 4 is 21.6 Å². The van der Waals surface area contributed by atoms with Crippen molar-refractivity contribution < 1.29 is 22.7 Å². The van der Waals surface area contributed by atoms with E-state index in [0.717, 1.165) is 0 Å². The number of amides is 1. The van der Waals surface area contributed by atoms with Gasteiger partial charge in [-0.3, -0.25) is 9.52 Å². The molecule has 27 heavy (non-hydrogen) atoms. The molecule has 2 aromatic carbocycles. The van der Waals surface area contributed by atoms with Gasteiger partial charge in [0.1, 0.15) is 12.4 Å². The maximum Gasteiger partial charge on any atom is 0.261 e. The van der Waals surface area contributed by atoms with Crippen molar-refractivity contribution in [3.05, 3.63) is 53.6 Å². The SMILES string of the molecule is COCCOc1ccc(S(=O)(=O)Nc2cccc(C(=O)N(C)C)c2)cc1C. The van der Waals surface area contributed by atoms with Crippen molar-refractivity contribution in [3.8, 4) is 5.75 Å². The van der Waals surface area contributed by atoms with Crippen molar-refractivity contribution in [1.29, 1.82) is 0 Å². The molecule has 7 nitrogen and oxygen atoms in total. The molecular formula is C19H24N2O5S. The van der Waals surface area contributed by atoms with E-state index in [1.807, 2.05) is 0 Å². The van der Waals surface area contributed by atoms with Crippen LogP contribution in [0.15, 0.2) is 47.4 Å². The minimum atomic E-state index is -3.80. The first-order valence-electron chi connectivity index (χ1n) is 8.31. The van der Waals surface area contributed by atoms with E-state index in [9.17, 15) is 13.2 Å². The quantitative estimate of drug-likeness (QED) is 0.698. The zero-order valence-corrected chi connectivity index (χ0v) is 16.7. The number of rotatable bonds is 8. The summed E-state index contributed by atoms with van der Waals surface area (Å²) in [5, 5.41) is 0. The molecule has 0 heterocycles. The van der Waals surface area contributed by atoms with Gasteiger partial charge in [-0.05, 0) is 48.9 Å². The molecule has 146 valence electrons. The standard InChI is InChI=1S/C19H24N2O5S/c1-14-12-17(8-9-18(14)26-11-10-25-4)27(23,24)20-16-7-5-6-15(13-16)19(22)21(2)3/h5-9,12-13,20H,10-11H2,1-4H3. The van der Waals surface area contributed by atoms with Crippen molar-refractivity contribution in [1.82, 2.24) is 4.90 Å². The lowest BCUT2D eigenvalue weighted by molar-refractivity contribution is 0.0827. The van der Waals surface area contributed by atoms with Crippen LogP contribution >= 0.6 is 0 Å². The highest BCUT2D eigenvalue weighted by atomic mass is 32.2. The number of carbonyl (C=O) groups excluding carboxylic acids is 1. The number of methoxy groups -OCH3 is 1. The molecule has 0 unspecified atom stereocenters. The average Bonchev–Trinajstić information content (AvgIpc) is 2.62. The molecule has 0 aromatic heterocycles. The first-order valence-corrected chi connectivity index (χ1v) is 9.80. The molecule has 1 amide bonds. The Morgan fingerprint density at radius 3 is 2.48 bits per heavy atom. The lowest BCUT2D eigenvalue weighted by atomic mass is 10.2. The second-order valence-electron chi connectivity index (χ2n) is 6.15. The van der Waals surface area contributed by atoms with Gasteiger partial charge in [0.2, 0.25) is 0 Å². The summed E-state index contributed by atoms with van der Waals surface area (Å²) in [6.07, 6.45) is 0. The van der Waals surface area contributed by atoms with Gasteiger partial charge in [0, 0.05) is 32.5 Å². The highest BCUT2D eigenvalue weighted by molar-refractivity contribution is 7.92. The van der Waals surface area contributed by atoms with E-state index in [4.69, 9.17) is 9.47 Å². The zero-order valence-electron chi connectivity index (χ0n) is 15.9. The third-order valence-electron chi connectivity index (χ3n) is 3.77. The van der Waals surface area contributed by atoms with Gasteiger partial charge in [-0.1, -0.05) is 6.07 Å². The maximum atomic E-state index is 12.7. The normalized spacial score (nSPS) is 11.1. The molecule has 0 atom stereocenters. The van der Waals surface area contributed by atoms with Crippen LogP contribution in [0.4, 0.5) is 5.69 Å². The second-order valence-corrected chi connectivity index (χ2v) is 7.84. The molecule has 2 aromatic rings. The minimum Gasteiger partial charge on any atom is -0.491 e. The predicted molar refractivity (Wildman–Crippen MR) is 104 cm³/mol. The van der Waals surface area contributed by atoms with Crippen LogP contribution in [0.25, 0.3) is 0 Å². The van der Waals surface area contributed by atoms with Gasteiger partial charge in [-0.15, -0.1) is 0 Å². The van der Waals surface area contributed by atoms with Crippen molar-refractivity contribution in [2.75, 3.05) is 39.1 Å². The molecule has 8 heteroatoms. The van der Waals surface area contributed by atoms with Gasteiger partial charge < -0.3 is 14.4 Å². The minimum absolute atomic E-state index is 0.114. The fraction of sp³-hybridized carbons (Fsp3) is 0.316. The van der Waals surface area contributed by atoms with Crippen LogP contribution in [0.1, 0.15) is 15.9 Å². The lowest BCUT2D eigenvalue weighted by Crippen LogP contribution is -2.22. The highest BCUT2D eigenvalue weighted by Gasteiger charge is 2.17. The highest BCUT2D eigenvalue weighted by Crippen LogP contribution is 2.24.